The summed E-state index contributed by atoms with van der Waals surface area (Å²) in [7, 11) is -1.85. The number of nitrogens with zero attached hydrogens (tertiary/aromatic N) is 1. The summed E-state index contributed by atoms with van der Waals surface area (Å²) in [6.45, 7) is 5.73. The first kappa shape index (κ1) is 16.3. The van der Waals surface area contributed by atoms with Crippen molar-refractivity contribution in [2.24, 2.45) is 5.92 Å². The number of hydrogen-bond donors (Lipinski definition) is 1. The van der Waals surface area contributed by atoms with Crippen LogP contribution in [0.4, 0.5) is 5.69 Å². The summed E-state index contributed by atoms with van der Waals surface area (Å²) in [6.07, 6.45) is 1.82. The van der Waals surface area contributed by atoms with Crippen LogP contribution in [-0.4, -0.2) is 39.5 Å². The van der Waals surface area contributed by atoms with E-state index >= 15 is 0 Å². The fraction of sp³-hybridized carbons (Fsp3) is 0.600. The Balaban J connectivity index is 2.20. The third kappa shape index (κ3) is 3.56. The lowest BCUT2D eigenvalue weighted by atomic mass is 10.0. The number of hydrogen-bond acceptors (Lipinski definition) is 4. The Hall–Kier alpha value is -1.11. The van der Waals surface area contributed by atoms with E-state index in [4.69, 9.17) is 10.5 Å². The van der Waals surface area contributed by atoms with Gasteiger partial charge >= 0.3 is 0 Å². The average molecular weight is 312 g/mol. The Morgan fingerprint density at radius 3 is 2.48 bits per heavy atom. The highest BCUT2D eigenvalue weighted by Crippen LogP contribution is 2.25. The van der Waals surface area contributed by atoms with Gasteiger partial charge in [0.1, 0.15) is 0 Å². The van der Waals surface area contributed by atoms with E-state index in [1.165, 1.54) is 4.31 Å². The Morgan fingerprint density at radius 2 is 1.90 bits per heavy atom. The van der Waals surface area contributed by atoms with E-state index in [2.05, 4.69) is 0 Å². The summed E-state index contributed by atoms with van der Waals surface area (Å²) in [5.74, 6) is 0.363. The molecule has 1 fully saturated rings. The lowest BCUT2D eigenvalue weighted by molar-refractivity contribution is 0.0620. The molecule has 6 heteroatoms. The van der Waals surface area contributed by atoms with Gasteiger partial charge in [0.05, 0.1) is 4.90 Å². The molecule has 2 rings (SSSR count). The highest BCUT2D eigenvalue weighted by atomic mass is 32.2. The second-order valence-corrected chi connectivity index (χ2v) is 7.84. The van der Waals surface area contributed by atoms with Crippen LogP contribution < -0.4 is 5.73 Å². The Kier molecular flexibility index (Phi) is 4.91. The van der Waals surface area contributed by atoms with E-state index in [0.717, 1.165) is 37.2 Å². The smallest absolute Gasteiger partial charge is 0.242 e. The topological polar surface area (TPSA) is 72.6 Å². The predicted octanol–water partition coefficient (Wildman–Crippen LogP) is 1.93. The zero-order valence-corrected chi connectivity index (χ0v) is 13.7. The van der Waals surface area contributed by atoms with Crippen molar-refractivity contribution >= 4 is 15.7 Å². The fourth-order valence-electron chi connectivity index (χ4n) is 2.57. The minimum absolute atomic E-state index is 0.276. The molecule has 0 amide bonds. The highest BCUT2D eigenvalue weighted by molar-refractivity contribution is 7.89. The van der Waals surface area contributed by atoms with Crippen LogP contribution in [0.1, 0.15) is 24.0 Å². The van der Waals surface area contributed by atoms with Gasteiger partial charge in [0, 0.05) is 32.5 Å². The molecule has 0 aliphatic carbocycles. The molecule has 5 nitrogen and oxygen atoms in total. The van der Waals surface area contributed by atoms with Crippen molar-refractivity contribution in [1.29, 1.82) is 0 Å². The summed E-state index contributed by atoms with van der Waals surface area (Å²) in [5, 5.41) is 0. The van der Waals surface area contributed by atoms with Gasteiger partial charge in [-0.3, -0.25) is 0 Å². The number of nitrogen functional groups attached to an aromatic ring is 1. The standard InChI is InChI=1S/C15H24N2O3S/c1-11-8-14(9-15(16)12(11)2)21(18,19)17(3)10-13-4-6-20-7-5-13/h8-9,13H,4-7,10,16H2,1-3H3. The maximum Gasteiger partial charge on any atom is 0.242 e. The van der Waals surface area contributed by atoms with E-state index in [-0.39, 0.29) is 4.90 Å². The van der Waals surface area contributed by atoms with Crippen LogP contribution in [0, 0.1) is 19.8 Å². The number of benzene rings is 1. The SMILES string of the molecule is Cc1cc(S(=O)(=O)N(C)CC2CCOCC2)cc(N)c1C. The molecule has 21 heavy (non-hydrogen) atoms. The first-order valence-corrected chi connectivity index (χ1v) is 8.67. The van der Waals surface area contributed by atoms with Crippen LogP contribution >= 0.6 is 0 Å². The summed E-state index contributed by atoms with van der Waals surface area (Å²) >= 11 is 0. The molecule has 0 radical (unpaired) electrons. The highest BCUT2D eigenvalue weighted by Gasteiger charge is 2.25. The van der Waals surface area contributed by atoms with Crippen molar-refractivity contribution in [1.82, 2.24) is 4.31 Å². The molecule has 118 valence electrons. The number of aryl methyl sites for hydroxylation is 1. The third-order valence-electron chi connectivity index (χ3n) is 4.25. The van der Waals surface area contributed by atoms with Crippen LogP contribution in [0.5, 0.6) is 0 Å². The van der Waals surface area contributed by atoms with Crippen molar-refractivity contribution in [3.05, 3.63) is 23.3 Å². The predicted molar refractivity (Wildman–Crippen MR) is 83.7 cm³/mol. The molecule has 0 aromatic heterocycles. The monoisotopic (exact) mass is 312 g/mol. The maximum absolute atomic E-state index is 12.7. The molecule has 0 unspecified atom stereocenters. The van der Waals surface area contributed by atoms with Crippen molar-refractivity contribution in [3.8, 4) is 0 Å². The number of rotatable bonds is 4. The third-order valence-corrected chi connectivity index (χ3v) is 6.05. The van der Waals surface area contributed by atoms with Gasteiger partial charge in [-0.25, -0.2) is 12.7 Å². The van der Waals surface area contributed by atoms with Crippen molar-refractivity contribution in [3.63, 3.8) is 0 Å². The molecule has 2 N–H and O–H groups in total. The van der Waals surface area contributed by atoms with Gasteiger partial charge in [0.2, 0.25) is 10.0 Å². The second-order valence-electron chi connectivity index (χ2n) is 5.80. The average Bonchev–Trinajstić information content (AvgIpc) is 2.45. The van der Waals surface area contributed by atoms with E-state index in [1.807, 2.05) is 13.8 Å². The number of ether oxygens (including phenoxy) is 1. The molecule has 0 saturated carbocycles. The van der Waals surface area contributed by atoms with Crippen LogP contribution in [0.2, 0.25) is 0 Å². The van der Waals surface area contributed by atoms with Gasteiger partial charge in [-0.05, 0) is 55.9 Å². The molecular formula is C15H24N2O3S. The van der Waals surface area contributed by atoms with Crippen molar-refractivity contribution < 1.29 is 13.2 Å². The lowest BCUT2D eigenvalue weighted by Crippen LogP contribution is -2.34. The van der Waals surface area contributed by atoms with Crippen LogP contribution in [0.25, 0.3) is 0 Å². The molecule has 0 atom stereocenters. The van der Waals surface area contributed by atoms with Crippen LogP contribution in [0.3, 0.4) is 0 Å². The van der Waals surface area contributed by atoms with Gasteiger partial charge in [-0.2, -0.15) is 0 Å². The van der Waals surface area contributed by atoms with Crippen LogP contribution in [-0.2, 0) is 14.8 Å². The van der Waals surface area contributed by atoms with Gasteiger partial charge in [-0.1, -0.05) is 0 Å². The molecule has 0 bridgehead atoms. The molecule has 1 aliphatic rings. The quantitative estimate of drug-likeness (QED) is 0.862. The molecule has 0 spiro atoms. The Morgan fingerprint density at radius 1 is 1.29 bits per heavy atom. The number of nitrogens with two attached hydrogens (primary N) is 1. The molecule has 1 aromatic carbocycles. The summed E-state index contributed by atoms with van der Waals surface area (Å²) < 4.78 is 32.1. The first-order valence-electron chi connectivity index (χ1n) is 7.23. The minimum atomic E-state index is -3.49. The fourth-order valence-corrected chi connectivity index (χ4v) is 3.94. The van der Waals surface area contributed by atoms with E-state index in [9.17, 15) is 8.42 Å². The van der Waals surface area contributed by atoms with E-state index in [0.29, 0.717) is 18.2 Å². The van der Waals surface area contributed by atoms with Gasteiger partial charge < -0.3 is 10.5 Å². The minimum Gasteiger partial charge on any atom is -0.398 e. The molecule has 1 aliphatic heterocycles. The molecular weight excluding hydrogens is 288 g/mol. The molecule has 1 aromatic rings. The summed E-state index contributed by atoms with van der Waals surface area (Å²) in [6, 6.07) is 3.25. The first-order chi connectivity index (χ1) is 9.82. The lowest BCUT2D eigenvalue weighted by Gasteiger charge is -2.27. The normalized spacial score (nSPS) is 17.3. The summed E-state index contributed by atoms with van der Waals surface area (Å²) in [4.78, 5) is 0.276. The zero-order chi connectivity index (χ0) is 15.6. The Labute approximate surface area is 127 Å². The number of sulfonamides is 1. The van der Waals surface area contributed by atoms with Crippen molar-refractivity contribution in [2.45, 2.75) is 31.6 Å². The Bertz CT molecular complexity index is 584. The largest absolute Gasteiger partial charge is 0.398 e. The van der Waals surface area contributed by atoms with Gasteiger partial charge in [0.15, 0.2) is 0 Å². The zero-order valence-electron chi connectivity index (χ0n) is 12.9. The summed E-state index contributed by atoms with van der Waals surface area (Å²) in [5.41, 5.74) is 8.25. The van der Waals surface area contributed by atoms with E-state index < -0.39 is 10.0 Å². The van der Waals surface area contributed by atoms with Gasteiger partial charge in [0.25, 0.3) is 0 Å². The van der Waals surface area contributed by atoms with Gasteiger partial charge in [-0.15, -0.1) is 0 Å². The second kappa shape index (κ2) is 6.34. The maximum atomic E-state index is 12.7. The van der Waals surface area contributed by atoms with Crippen molar-refractivity contribution in [2.75, 3.05) is 32.5 Å². The number of anilines is 1. The van der Waals surface area contributed by atoms with E-state index in [1.54, 1.807) is 19.2 Å². The van der Waals surface area contributed by atoms with Crippen LogP contribution in [0.15, 0.2) is 17.0 Å². The molecule has 1 heterocycles. The molecule has 1 saturated heterocycles.